The quantitative estimate of drug-likeness (QED) is 0.908. The number of benzene rings is 1. The Bertz CT molecular complexity index is 475. The van der Waals surface area contributed by atoms with E-state index in [2.05, 4.69) is 43.0 Å². The molecule has 3 rings (SSSR count). The van der Waals surface area contributed by atoms with E-state index >= 15 is 0 Å². The lowest BCUT2D eigenvalue weighted by Gasteiger charge is -2.56. The second kappa shape index (κ2) is 6.69. The van der Waals surface area contributed by atoms with Crippen LogP contribution in [0.5, 0.6) is 0 Å². The zero-order chi connectivity index (χ0) is 15.6. The highest BCUT2D eigenvalue weighted by Crippen LogP contribution is 2.50. The summed E-state index contributed by atoms with van der Waals surface area (Å²) in [5.41, 5.74) is 2.79. The van der Waals surface area contributed by atoms with Crippen LogP contribution in [0.1, 0.15) is 37.3 Å². The molecule has 3 heteroatoms. The third kappa shape index (κ3) is 3.08. The lowest BCUT2D eigenvalue weighted by molar-refractivity contribution is -0.209. The molecule has 1 aliphatic heterocycles. The molecule has 2 fully saturated rings. The monoisotopic (exact) mass is 303 g/mol. The Labute approximate surface area is 134 Å². The minimum Gasteiger partial charge on any atom is -0.392 e. The molecule has 0 amide bonds. The summed E-state index contributed by atoms with van der Waals surface area (Å²) >= 11 is 0. The van der Waals surface area contributed by atoms with Crippen LogP contribution in [0.4, 0.5) is 0 Å². The first-order valence-electron chi connectivity index (χ1n) is 8.71. The van der Waals surface area contributed by atoms with Crippen molar-refractivity contribution in [2.24, 2.45) is 5.41 Å². The van der Waals surface area contributed by atoms with Crippen molar-refractivity contribution in [1.82, 2.24) is 4.90 Å². The zero-order valence-corrected chi connectivity index (χ0v) is 13.9. The molecule has 2 atom stereocenters. The molecule has 0 bridgehead atoms. The Hall–Kier alpha value is -0.900. The number of aliphatic hydroxyl groups is 1. The van der Waals surface area contributed by atoms with Crippen LogP contribution >= 0.6 is 0 Å². The molecule has 1 aliphatic carbocycles. The van der Waals surface area contributed by atoms with Crippen molar-refractivity contribution in [3.63, 3.8) is 0 Å². The molecule has 1 saturated carbocycles. The molecule has 2 aliphatic rings. The lowest BCUT2D eigenvalue weighted by atomic mass is 9.58. The van der Waals surface area contributed by atoms with E-state index in [0.717, 1.165) is 51.9 Å². The predicted octanol–water partition coefficient (Wildman–Crippen LogP) is 2.79. The maximum absolute atomic E-state index is 10.2. The van der Waals surface area contributed by atoms with Gasteiger partial charge in [-0.2, -0.15) is 0 Å². The van der Waals surface area contributed by atoms with Gasteiger partial charge >= 0.3 is 0 Å². The molecular formula is C19H29NO2. The van der Waals surface area contributed by atoms with Crippen molar-refractivity contribution in [3.8, 4) is 0 Å². The molecule has 122 valence electrons. The van der Waals surface area contributed by atoms with Gasteiger partial charge in [0.15, 0.2) is 0 Å². The van der Waals surface area contributed by atoms with Crippen LogP contribution in [0.2, 0.25) is 0 Å². The second-order valence-corrected chi connectivity index (χ2v) is 7.01. The van der Waals surface area contributed by atoms with Gasteiger partial charge in [-0.1, -0.05) is 29.8 Å². The fraction of sp³-hybridized carbons (Fsp3) is 0.684. The van der Waals surface area contributed by atoms with E-state index in [1.165, 1.54) is 11.1 Å². The van der Waals surface area contributed by atoms with Gasteiger partial charge in [0.1, 0.15) is 0 Å². The molecular weight excluding hydrogens is 274 g/mol. The average Bonchev–Trinajstić information content (AvgIpc) is 2.55. The van der Waals surface area contributed by atoms with Crippen molar-refractivity contribution < 1.29 is 9.84 Å². The Balaban J connectivity index is 1.48. The van der Waals surface area contributed by atoms with Gasteiger partial charge in [0.05, 0.1) is 12.2 Å². The average molecular weight is 303 g/mol. The van der Waals surface area contributed by atoms with Crippen LogP contribution in [0.15, 0.2) is 24.3 Å². The normalized spacial score (nSPS) is 27.8. The summed E-state index contributed by atoms with van der Waals surface area (Å²) in [6.07, 6.45) is 4.23. The van der Waals surface area contributed by atoms with E-state index in [-0.39, 0.29) is 17.6 Å². The van der Waals surface area contributed by atoms with Gasteiger partial charge < -0.3 is 14.7 Å². The van der Waals surface area contributed by atoms with Crippen molar-refractivity contribution in [3.05, 3.63) is 35.4 Å². The van der Waals surface area contributed by atoms with E-state index < -0.39 is 0 Å². The van der Waals surface area contributed by atoms with Gasteiger partial charge in [-0.15, -0.1) is 0 Å². The van der Waals surface area contributed by atoms with Crippen LogP contribution in [0.25, 0.3) is 0 Å². The second-order valence-electron chi connectivity index (χ2n) is 7.01. The number of hydrogen-bond donors (Lipinski definition) is 1. The fourth-order valence-corrected chi connectivity index (χ4v) is 4.05. The Morgan fingerprint density at radius 1 is 1.23 bits per heavy atom. The third-order valence-corrected chi connectivity index (χ3v) is 5.73. The first kappa shape index (κ1) is 16.0. The molecule has 0 aromatic heterocycles. The van der Waals surface area contributed by atoms with Gasteiger partial charge in [0, 0.05) is 25.0 Å². The van der Waals surface area contributed by atoms with E-state index in [1.54, 1.807) is 0 Å². The summed E-state index contributed by atoms with van der Waals surface area (Å²) in [7, 11) is 0. The molecule has 22 heavy (non-hydrogen) atoms. The molecule has 2 unspecified atom stereocenters. The minimum atomic E-state index is -0.150. The summed E-state index contributed by atoms with van der Waals surface area (Å²) in [5, 5.41) is 10.2. The predicted molar refractivity (Wildman–Crippen MR) is 89.0 cm³/mol. The number of hydrogen-bond acceptors (Lipinski definition) is 3. The lowest BCUT2D eigenvalue weighted by Crippen LogP contribution is -2.62. The smallest absolute Gasteiger partial charge is 0.0681 e. The summed E-state index contributed by atoms with van der Waals surface area (Å²) in [6.45, 7) is 8.24. The van der Waals surface area contributed by atoms with Crippen LogP contribution in [0, 0.1) is 12.3 Å². The van der Waals surface area contributed by atoms with Crippen LogP contribution in [-0.2, 0) is 11.2 Å². The van der Waals surface area contributed by atoms with Crippen molar-refractivity contribution in [2.75, 3.05) is 26.2 Å². The minimum absolute atomic E-state index is 0.0520. The van der Waals surface area contributed by atoms with E-state index in [9.17, 15) is 5.11 Å². The van der Waals surface area contributed by atoms with E-state index in [1.807, 2.05) is 0 Å². The topological polar surface area (TPSA) is 32.7 Å². The van der Waals surface area contributed by atoms with Crippen molar-refractivity contribution in [2.45, 2.75) is 51.7 Å². The highest BCUT2D eigenvalue weighted by atomic mass is 16.5. The SMILES string of the molecule is CCOC1CC(O)C12CCN(CCc1ccc(C)cc1)CC2. The van der Waals surface area contributed by atoms with Crippen molar-refractivity contribution >= 4 is 0 Å². The summed E-state index contributed by atoms with van der Waals surface area (Å²) < 4.78 is 5.84. The molecule has 1 aromatic rings. The van der Waals surface area contributed by atoms with Crippen LogP contribution in [-0.4, -0.2) is 48.5 Å². The summed E-state index contributed by atoms with van der Waals surface area (Å²) in [5.74, 6) is 0. The summed E-state index contributed by atoms with van der Waals surface area (Å²) in [4.78, 5) is 2.54. The van der Waals surface area contributed by atoms with Gasteiger partial charge in [-0.25, -0.2) is 0 Å². The standard InChI is InChI=1S/C19H29NO2/c1-3-22-18-14-17(21)19(18)9-12-20(13-10-19)11-8-16-6-4-15(2)5-7-16/h4-7,17-18,21H,3,8-14H2,1-2H3. The summed E-state index contributed by atoms with van der Waals surface area (Å²) in [6, 6.07) is 8.86. The molecule has 1 spiro atoms. The van der Waals surface area contributed by atoms with Gasteiger partial charge in [0.25, 0.3) is 0 Å². The van der Waals surface area contributed by atoms with Gasteiger partial charge in [-0.05, 0) is 51.8 Å². The molecule has 1 N–H and O–H groups in total. The number of ether oxygens (including phenoxy) is 1. The van der Waals surface area contributed by atoms with Crippen molar-refractivity contribution in [1.29, 1.82) is 0 Å². The fourth-order valence-electron chi connectivity index (χ4n) is 4.05. The van der Waals surface area contributed by atoms with Gasteiger partial charge in [0.2, 0.25) is 0 Å². The maximum atomic E-state index is 10.2. The number of rotatable bonds is 5. The number of aryl methyl sites for hydroxylation is 1. The Morgan fingerprint density at radius 2 is 1.91 bits per heavy atom. The first-order valence-corrected chi connectivity index (χ1v) is 8.71. The van der Waals surface area contributed by atoms with E-state index in [4.69, 9.17) is 4.74 Å². The first-order chi connectivity index (χ1) is 10.6. The Morgan fingerprint density at radius 3 is 2.50 bits per heavy atom. The molecule has 1 saturated heterocycles. The number of piperidine rings is 1. The van der Waals surface area contributed by atoms with Crippen LogP contribution in [0.3, 0.4) is 0 Å². The highest BCUT2D eigenvalue weighted by Gasteiger charge is 2.55. The highest BCUT2D eigenvalue weighted by molar-refractivity contribution is 5.21. The van der Waals surface area contributed by atoms with E-state index in [0.29, 0.717) is 0 Å². The van der Waals surface area contributed by atoms with Crippen LogP contribution < -0.4 is 0 Å². The number of aliphatic hydroxyl groups excluding tert-OH is 1. The van der Waals surface area contributed by atoms with Gasteiger partial charge in [-0.3, -0.25) is 0 Å². The number of nitrogens with zero attached hydrogens (tertiary/aromatic N) is 1. The molecule has 1 aromatic carbocycles. The third-order valence-electron chi connectivity index (χ3n) is 5.73. The number of likely N-dealkylation sites (tertiary alicyclic amines) is 1. The molecule has 0 radical (unpaired) electrons. The molecule has 3 nitrogen and oxygen atoms in total. The Kier molecular flexibility index (Phi) is 4.86. The maximum Gasteiger partial charge on any atom is 0.0681 e. The molecule has 1 heterocycles. The zero-order valence-electron chi connectivity index (χ0n) is 13.9. The largest absolute Gasteiger partial charge is 0.392 e.